The monoisotopic (exact) mass is 234 g/mol. The van der Waals surface area contributed by atoms with Crippen molar-refractivity contribution in [3.63, 3.8) is 0 Å². The number of halogens is 1. The van der Waals surface area contributed by atoms with Crippen LogP contribution in [-0.2, 0) is 4.74 Å². The lowest BCUT2D eigenvalue weighted by Crippen LogP contribution is -2.25. The SMILES string of the molecule is COCNC(=O)c1cnc2ccc(F)cc2c1. The number of benzene rings is 1. The zero-order valence-corrected chi connectivity index (χ0v) is 9.24. The Bertz CT molecular complexity index is 557. The Balaban J connectivity index is 2.33. The summed E-state index contributed by atoms with van der Waals surface area (Å²) in [7, 11) is 1.48. The minimum absolute atomic E-state index is 0.125. The number of hydrogen-bond donors (Lipinski definition) is 1. The van der Waals surface area contributed by atoms with Crippen molar-refractivity contribution in [1.82, 2.24) is 10.3 Å². The molecule has 5 heteroatoms. The second-order valence-electron chi connectivity index (χ2n) is 3.50. The number of aromatic nitrogens is 1. The summed E-state index contributed by atoms with van der Waals surface area (Å²) in [6.07, 6.45) is 1.45. The van der Waals surface area contributed by atoms with Gasteiger partial charge in [0, 0.05) is 18.7 Å². The molecule has 0 unspecified atom stereocenters. The van der Waals surface area contributed by atoms with Gasteiger partial charge in [0.05, 0.1) is 11.1 Å². The van der Waals surface area contributed by atoms with Crippen LogP contribution in [0, 0.1) is 5.82 Å². The molecule has 1 heterocycles. The highest BCUT2D eigenvalue weighted by atomic mass is 19.1. The van der Waals surface area contributed by atoms with Gasteiger partial charge in [-0.1, -0.05) is 0 Å². The summed E-state index contributed by atoms with van der Waals surface area (Å²) in [6, 6.07) is 5.84. The molecule has 1 N–H and O–H groups in total. The van der Waals surface area contributed by atoms with Gasteiger partial charge in [-0.2, -0.15) is 0 Å². The summed E-state index contributed by atoms with van der Waals surface area (Å²) in [6.45, 7) is 0.125. The molecule has 0 aliphatic carbocycles. The van der Waals surface area contributed by atoms with E-state index in [1.807, 2.05) is 0 Å². The molecule has 0 aliphatic heterocycles. The van der Waals surface area contributed by atoms with E-state index in [1.165, 1.54) is 25.4 Å². The average Bonchev–Trinajstić information content (AvgIpc) is 2.35. The van der Waals surface area contributed by atoms with Crippen LogP contribution in [-0.4, -0.2) is 24.7 Å². The van der Waals surface area contributed by atoms with Gasteiger partial charge in [-0.3, -0.25) is 9.78 Å². The van der Waals surface area contributed by atoms with Crippen molar-refractivity contribution in [2.24, 2.45) is 0 Å². The van der Waals surface area contributed by atoms with Crippen molar-refractivity contribution in [3.8, 4) is 0 Å². The van der Waals surface area contributed by atoms with E-state index in [9.17, 15) is 9.18 Å². The first-order chi connectivity index (χ1) is 8.20. The molecule has 0 aliphatic rings. The topological polar surface area (TPSA) is 51.2 Å². The maximum Gasteiger partial charge on any atom is 0.254 e. The molecule has 0 atom stereocenters. The van der Waals surface area contributed by atoms with Crippen LogP contribution in [0.1, 0.15) is 10.4 Å². The molecular formula is C12H11FN2O2. The summed E-state index contributed by atoms with van der Waals surface area (Å²) in [4.78, 5) is 15.7. The van der Waals surface area contributed by atoms with E-state index in [4.69, 9.17) is 4.74 Å². The second kappa shape index (κ2) is 4.88. The maximum atomic E-state index is 13.0. The third kappa shape index (κ3) is 2.57. The van der Waals surface area contributed by atoms with Crippen molar-refractivity contribution in [3.05, 3.63) is 41.8 Å². The van der Waals surface area contributed by atoms with Crippen LogP contribution in [0.3, 0.4) is 0 Å². The fraction of sp³-hybridized carbons (Fsp3) is 0.167. The predicted molar refractivity (Wildman–Crippen MR) is 61.0 cm³/mol. The first kappa shape index (κ1) is 11.5. The van der Waals surface area contributed by atoms with Gasteiger partial charge in [-0.15, -0.1) is 0 Å². The Morgan fingerprint density at radius 2 is 2.29 bits per heavy atom. The number of carbonyl (C=O) groups excluding carboxylic acids is 1. The van der Waals surface area contributed by atoms with Gasteiger partial charge >= 0.3 is 0 Å². The Morgan fingerprint density at radius 3 is 3.06 bits per heavy atom. The van der Waals surface area contributed by atoms with Crippen LogP contribution in [0.2, 0.25) is 0 Å². The second-order valence-corrected chi connectivity index (χ2v) is 3.50. The Hall–Kier alpha value is -2.01. The molecule has 1 aromatic carbocycles. The number of rotatable bonds is 3. The lowest BCUT2D eigenvalue weighted by molar-refractivity contribution is 0.0872. The van der Waals surface area contributed by atoms with Crippen molar-refractivity contribution in [2.75, 3.05) is 13.8 Å². The quantitative estimate of drug-likeness (QED) is 0.822. The van der Waals surface area contributed by atoms with Crippen LogP contribution in [0.25, 0.3) is 10.9 Å². The number of pyridine rings is 1. The lowest BCUT2D eigenvalue weighted by atomic mass is 10.1. The van der Waals surface area contributed by atoms with E-state index in [2.05, 4.69) is 10.3 Å². The molecule has 0 fully saturated rings. The zero-order chi connectivity index (χ0) is 12.3. The molecule has 0 saturated carbocycles. The van der Waals surface area contributed by atoms with E-state index in [1.54, 1.807) is 12.1 Å². The molecule has 0 radical (unpaired) electrons. The number of nitrogens with one attached hydrogen (secondary N) is 1. The molecule has 88 valence electrons. The highest BCUT2D eigenvalue weighted by molar-refractivity contribution is 5.97. The van der Waals surface area contributed by atoms with Gasteiger partial charge in [0.1, 0.15) is 12.5 Å². The van der Waals surface area contributed by atoms with Gasteiger partial charge in [0.25, 0.3) is 5.91 Å². The summed E-state index contributed by atoms with van der Waals surface area (Å²) in [5, 5.41) is 3.13. The maximum absolute atomic E-state index is 13.0. The van der Waals surface area contributed by atoms with Gasteiger partial charge < -0.3 is 10.1 Å². The van der Waals surface area contributed by atoms with Crippen LogP contribution >= 0.6 is 0 Å². The van der Waals surface area contributed by atoms with Crippen LogP contribution in [0.15, 0.2) is 30.5 Å². The number of hydrogen-bond acceptors (Lipinski definition) is 3. The van der Waals surface area contributed by atoms with Gasteiger partial charge in [-0.25, -0.2) is 4.39 Å². The van der Waals surface area contributed by atoms with Crippen LogP contribution in [0.5, 0.6) is 0 Å². The molecule has 1 amide bonds. The molecule has 0 bridgehead atoms. The van der Waals surface area contributed by atoms with Crippen molar-refractivity contribution in [2.45, 2.75) is 0 Å². The van der Waals surface area contributed by atoms with E-state index in [0.29, 0.717) is 16.5 Å². The van der Waals surface area contributed by atoms with Gasteiger partial charge in [-0.05, 0) is 24.3 Å². The molecule has 0 spiro atoms. The number of methoxy groups -OCH3 is 1. The third-order valence-electron chi connectivity index (χ3n) is 2.28. The summed E-state index contributed by atoms with van der Waals surface area (Å²) in [5.74, 6) is -0.653. The lowest BCUT2D eigenvalue weighted by Gasteiger charge is -2.04. The Kier molecular flexibility index (Phi) is 3.30. The Morgan fingerprint density at radius 1 is 1.47 bits per heavy atom. The predicted octanol–water partition coefficient (Wildman–Crippen LogP) is 1.71. The number of ether oxygens (including phenoxy) is 1. The Labute approximate surface area is 97.4 Å². The first-order valence-electron chi connectivity index (χ1n) is 5.03. The van der Waals surface area contributed by atoms with Crippen LogP contribution < -0.4 is 5.32 Å². The largest absolute Gasteiger partial charge is 0.364 e. The molecule has 1 aromatic heterocycles. The summed E-state index contributed by atoms with van der Waals surface area (Å²) < 4.78 is 17.8. The van der Waals surface area contributed by atoms with Crippen molar-refractivity contribution < 1.29 is 13.9 Å². The first-order valence-corrected chi connectivity index (χ1v) is 5.03. The highest BCUT2D eigenvalue weighted by Gasteiger charge is 2.06. The van der Waals surface area contributed by atoms with Crippen molar-refractivity contribution in [1.29, 1.82) is 0 Å². The normalized spacial score (nSPS) is 10.5. The molecule has 2 rings (SSSR count). The van der Waals surface area contributed by atoms with E-state index in [0.717, 1.165) is 0 Å². The molecule has 4 nitrogen and oxygen atoms in total. The third-order valence-corrected chi connectivity index (χ3v) is 2.28. The minimum atomic E-state index is -0.353. The summed E-state index contributed by atoms with van der Waals surface area (Å²) in [5.41, 5.74) is 1.02. The standard InChI is InChI=1S/C12H11FN2O2/c1-17-7-15-12(16)9-4-8-5-10(13)2-3-11(8)14-6-9/h2-6H,7H2,1H3,(H,15,16). The number of amides is 1. The molecular weight excluding hydrogens is 223 g/mol. The van der Waals surface area contributed by atoms with Gasteiger partial charge in [0.2, 0.25) is 0 Å². The smallest absolute Gasteiger partial charge is 0.254 e. The van der Waals surface area contributed by atoms with Gasteiger partial charge in [0.15, 0.2) is 0 Å². The molecule has 0 saturated heterocycles. The highest BCUT2D eigenvalue weighted by Crippen LogP contribution is 2.14. The number of nitrogens with zero attached hydrogens (tertiary/aromatic N) is 1. The van der Waals surface area contributed by atoms with Crippen molar-refractivity contribution >= 4 is 16.8 Å². The van der Waals surface area contributed by atoms with E-state index < -0.39 is 0 Å². The molecule has 17 heavy (non-hydrogen) atoms. The number of carbonyl (C=O) groups is 1. The van der Waals surface area contributed by atoms with E-state index in [-0.39, 0.29) is 18.5 Å². The fourth-order valence-corrected chi connectivity index (χ4v) is 1.47. The average molecular weight is 234 g/mol. The zero-order valence-electron chi connectivity index (χ0n) is 9.24. The minimum Gasteiger partial charge on any atom is -0.364 e. The fourth-order valence-electron chi connectivity index (χ4n) is 1.47. The van der Waals surface area contributed by atoms with Crippen LogP contribution in [0.4, 0.5) is 4.39 Å². The van der Waals surface area contributed by atoms with E-state index >= 15 is 0 Å². The number of fused-ring (bicyclic) bond motifs is 1. The summed E-state index contributed by atoms with van der Waals surface area (Å²) >= 11 is 0. The molecule has 2 aromatic rings.